The van der Waals surface area contributed by atoms with E-state index in [1.54, 1.807) is 99.1 Å². The fraction of sp³-hybridized carbons (Fsp3) is 0.395. The van der Waals surface area contributed by atoms with Crippen LogP contribution in [0.4, 0.5) is 5.82 Å². The maximum atomic E-state index is 9.71. The van der Waals surface area contributed by atoms with E-state index in [0.717, 1.165) is 23.6 Å². The van der Waals surface area contributed by atoms with Gasteiger partial charge < -0.3 is 41.7 Å². The standard InChI is InChI=1S/C7H14O.C5H5N3.C5H6N2O2.C5H8N2.C4H5ClN2.C4H7N3.C4H6N2.C3H5N3.CH4/c1-5-7(4)8-6(2)3;1-6-5-3-8(2)4-7-5;1-7-2-5(6-3-7)9-4-8;1-5-3-7(2)4-6-5;1-7-2-4(5)6-3-7;1-4-3-7(2)6-5-4;1-6-3-2-5-4-6;1-6-2-4-5-3-6;/h6H,4-5H2,1-3H3;3-4H,2H3;2-4H,1H3;3-4H,1-2H3;2-3H,1H3;3H,1-2H3;2-4H,1H3;2-3H,1H3;1H4. The number of aromatic nitrogens is 16. The second-order valence-electron chi connectivity index (χ2n) is 12.1. The van der Waals surface area contributed by atoms with E-state index in [1.165, 1.54) is 0 Å². The summed E-state index contributed by atoms with van der Waals surface area (Å²) in [5.41, 5.74) is 2.03. The molecule has 59 heavy (non-hydrogen) atoms. The van der Waals surface area contributed by atoms with Gasteiger partial charge in [0, 0.05) is 92.9 Å². The van der Waals surface area contributed by atoms with Crippen molar-refractivity contribution in [2.24, 2.45) is 49.3 Å². The van der Waals surface area contributed by atoms with Crippen LogP contribution in [0, 0.1) is 20.4 Å². The molecule has 322 valence electrons. The molecular weight excluding hydrogens is 778 g/mol. The fourth-order valence-corrected chi connectivity index (χ4v) is 3.54. The Morgan fingerprint density at radius 2 is 1.36 bits per heavy atom. The van der Waals surface area contributed by atoms with E-state index in [-0.39, 0.29) is 13.5 Å². The third kappa shape index (κ3) is 31.0. The number of nitrogens with zero attached hydrogens (tertiary/aromatic N) is 17. The molecule has 0 aliphatic rings. The number of carbonyl (C=O) groups excluding carboxylic acids is 1. The van der Waals surface area contributed by atoms with E-state index in [0.29, 0.717) is 23.3 Å². The van der Waals surface area contributed by atoms with Gasteiger partial charge in [-0.15, -0.1) is 20.3 Å². The Bertz CT molecular complexity index is 1910. The number of carbonyl (C=O) groups is 1. The van der Waals surface area contributed by atoms with E-state index in [1.807, 2.05) is 105 Å². The van der Waals surface area contributed by atoms with Gasteiger partial charge in [-0.2, -0.15) is 0 Å². The van der Waals surface area contributed by atoms with Crippen molar-refractivity contribution in [2.75, 3.05) is 0 Å². The van der Waals surface area contributed by atoms with Crippen molar-refractivity contribution in [2.45, 2.75) is 54.6 Å². The lowest BCUT2D eigenvalue weighted by Gasteiger charge is -2.09. The first kappa shape index (κ1) is 54.2. The molecule has 0 amide bonds. The van der Waals surface area contributed by atoms with E-state index < -0.39 is 0 Å². The molecule has 0 aliphatic heterocycles. The summed E-state index contributed by atoms with van der Waals surface area (Å²) in [6.45, 7) is 20.5. The minimum Gasteiger partial charge on any atom is -0.496 e. The van der Waals surface area contributed by atoms with Crippen molar-refractivity contribution in [1.29, 1.82) is 0 Å². The molecule has 21 heteroatoms. The number of allylic oxidation sites excluding steroid dienone is 1. The normalized spacial score (nSPS) is 8.97. The maximum Gasteiger partial charge on any atom is 0.299 e. The molecule has 7 heterocycles. The fourth-order valence-electron chi connectivity index (χ4n) is 3.34. The van der Waals surface area contributed by atoms with Crippen LogP contribution in [0.25, 0.3) is 4.85 Å². The molecule has 0 saturated heterocycles. The number of hydrogen-bond acceptors (Lipinski definition) is 12. The molecule has 20 nitrogen and oxygen atoms in total. The van der Waals surface area contributed by atoms with E-state index >= 15 is 0 Å². The molecular formula is C38H60ClN17O3. The lowest BCUT2D eigenvalue weighted by molar-refractivity contribution is -0.120. The van der Waals surface area contributed by atoms with Gasteiger partial charge in [0.1, 0.15) is 17.8 Å². The SMILES string of the molecule is C.C=C(CC)OC(C)C.Cc1cn(C)cn1.Cc1cn(C)nn1.Cn1ccnc1.Cn1cnc(Cl)c1.Cn1cnc(OC=O)c1.Cn1cnnc1.[C-]#[N+]c1cn(C)cn1. The summed E-state index contributed by atoms with van der Waals surface area (Å²) in [5.74, 6) is 1.65. The van der Waals surface area contributed by atoms with Crippen LogP contribution in [-0.4, -0.2) is 90.1 Å². The van der Waals surface area contributed by atoms with Crippen LogP contribution in [0.15, 0.2) is 100 Å². The number of aryl methyl sites for hydroxylation is 9. The third-order valence-electron chi connectivity index (χ3n) is 5.85. The molecule has 7 aromatic rings. The van der Waals surface area contributed by atoms with Crippen LogP contribution in [-0.2, 0) is 58.9 Å². The van der Waals surface area contributed by atoms with Crippen molar-refractivity contribution >= 4 is 23.9 Å². The number of hydrogen-bond donors (Lipinski definition) is 0. The average Bonchev–Trinajstić information content (AvgIpc) is 4.04. The van der Waals surface area contributed by atoms with Crippen molar-refractivity contribution in [3.05, 3.63) is 128 Å². The number of imidazole rings is 5. The first-order valence-corrected chi connectivity index (χ1v) is 17.7. The predicted molar refractivity (Wildman–Crippen MR) is 228 cm³/mol. The van der Waals surface area contributed by atoms with Crippen molar-refractivity contribution < 1.29 is 14.3 Å². The van der Waals surface area contributed by atoms with Gasteiger partial charge in [-0.3, -0.25) is 9.48 Å². The topological polar surface area (TPSA) is 190 Å². The molecule has 0 N–H and O–H groups in total. The van der Waals surface area contributed by atoms with Gasteiger partial charge in [-0.05, 0) is 27.7 Å². The monoisotopic (exact) mass is 837 g/mol. The van der Waals surface area contributed by atoms with Crippen LogP contribution < -0.4 is 4.74 Å². The predicted octanol–water partition coefficient (Wildman–Crippen LogP) is 6.06. The second-order valence-corrected chi connectivity index (χ2v) is 12.5. The zero-order valence-corrected chi connectivity index (χ0v) is 36.1. The van der Waals surface area contributed by atoms with Crippen LogP contribution in [0.5, 0.6) is 5.88 Å². The molecule has 0 unspecified atom stereocenters. The molecule has 0 saturated carbocycles. The van der Waals surface area contributed by atoms with Crippen LogP contribution in [0.1, 0.15) is 46.0 Å². The Labute approximate surface area is 352 Å². The molecule has 7 rings (SSSR count). The Kier molecular flexibility index (Phi) is 29.6. The highest BCUT2D eigenvalue weighted by atomic mass is 35.5. The third-order valence-corrected chi connectivity index (χ3v) is 6.04. The van der Waals surface area contributed by atoms with E-state index in [2.05, 4.69) is 61.6 Å². The zero-order chi connectivity index (χ0) is 43.9. The summed E-state index contributed by atoms with van der Waals surface area (Å²) in [7, 11) is 13.1. The van der Waals surface area contributed by atoms with Crippen LogP contribution in [0.2, 0.25) is 5.15 Å². The summed E-state index contributed by atoms with van der Waals surface area (Å²) in [6.07, 6.45) is 25.3. The number of ether oxygens (including phenoxy) is 2. The highest BCUT2D eigenvalue weighted by Crippen LogP contribution is 2.04. The van der Waals surface area contributed by atoms with Crippen molar-refractivity contribution in [1.82, 2.24) is 77.5 Å². The van der Waals surface area contributed by atoms with Crippen LogP contribution >= 0.6 is 11.6 Å². The Hall–Kier alpha value is -6.88. The summed E-state index contributed by atoms with van der Waals surface area (Å²) < 4.78 is 22.1. The van der Waals surface area contributed by atoms with Gasteiger partial charge in [0.15, 0.2) is 6.33 Å². The summed E-state index contributed by atoms with van der Waals surface area (Å²) in [6, 6.07) is 0. The van der Waals surface area contributed by atoms with Gasteiger partial charge in [0.25, 0.3) is 12.3 Å². The molecule has 0 fully saturated rings. The lowest BCUT2D eigenvalue weighted by atomic mass is 10.4. The smallest absolute Gasteiger partial charge is 0.299 e. The first-order valence-electron chi connectivity index (χ1n) is 17.4. The average molecular weight is 838 g/mol. The summed E-state index contributed by atoms with van der Waals surface area (Å²) in [5, 5.41) is 15.0. The van der Waals surface area contributed by atoms with Crippen LogP contribution in [0.3, 0.4) is 0 Å². The van der Waals surface area contributed by atoms with Gasteiger partial charge in [-0.1, -0.05) is 44.3 Å². The second kappa shape index (κ2) is 32.2. The Morgan fingerprint density at radius 3 is 1.56 bits per heavy atom. The van der Waals surface area contributed by atoms with Gasteiger partial charge >= 0.3 is 0 Å². The molecule has 0 bridgehead atoms. The van der Waals surface area contributed by atoms with E-state index in [4.69, 9.17) is 22.9 Å². The zero-order valence-electron chi connectivity index (χ0n) is 35.4. The minimum atomic E-state index is 0. The molecule has 0 radical (unpaired) electrons. The van der Waals surface area contributed by atoms with Gasteiger partial charge in [0.05, 0.1) is 54.8 Å². The Morgan fingerprint density at radius 1 is 0.780 bits per heavy atom. The highest BCUT2D eigenvalue weighted by Gasteiger charge is 1.94. The summed E-state index contributed by atoms with van der Waals surface area (Å²) >= 11 is 5.43. The minimum absolute atomic E-state index is 0. The first-order chi connectivity index (χ1) is 27.5. The molecule has 0 aromatic carbocycles. The van der Waals surface area contributed by atoms with Gasteiger partial charge in [0.2, 0.25) is 5.88 Å². The molecule has 0 aliphatic carbocycles. The quantitative estimate of drug-likeness (QED) is 0.111. The lowest BCUT2D eigenvalue weighted by Crippen LogP contribution is -1.99. The largest absolute Gasteiger partial charge is 0.496 e. The Balaban J connectivity index is 0. The summed E-state index contributed by atoms with van der Waals surface area (Å²) in [4.78, 5) is 31.8. The molecule has 0 spiro atoms. The number of halogens is 1. The van der Waals surface area contributed by atoms with Gasteiger partial charge in [-0.25, -0.2) is 19.9 Å². The van der Waals surface area contributed by atoms with E-state index in [9.17, 15) is 4.79 Å². The maximum absolute atomic E-state index is 9.71. The van der Waals surface area contributed by atoms with Crippen molar-refractivity contribution in [3.8, 4) is 5.88 Å². The highest BCUT2D eigenvalue weighted by molar-refractivity contribution is 6.29. The molecule has 7 aromatic heterocycles. The van der Waals surface area contributed by atoms with Crippen molar-refractivity contribution in [3.63, 3.8) is 0 Å². The number of rotatable bonds is 5. The molecule has 0 atom stereocenters.